The van der Waals surface area contributed by atoms with Gasteiger partial charge in [0.1, 0.15) is 0 Å². The second-order valence-corrected chi connectivity index (χ2v) is 7.79. The SMILES string of the molecule is O=C(O)c1ccc(N2C(=O)C[C@H](N3CCN(C/C=C/c4ccccc4)CC3)C2=O)cc1. The van der Waals surface area contributed by atoms with Gasteiger partial charge in [-0.15, -0.1) is 0 Å². The number of imide groups is 1. The highest BCUT2D eigenvalue weighted by Gasteiger charge is 2.43. The lowest BCUT2D eigenvalue weighted by atomic mass is 10.1. The molecule has 0 saturated carbocycles. The molecule has 0 radical (unpaired) electrons. The minimum Gasteiger partial charge on any atom is -0.478 e. The molecule has 2 aliphatic heterocycles. The third-order valence-electron chi connectivity index (χ3n) is 5.82. The van der Waals surface area contributed by atoms with Gasteiger partial charge in [-0.3, -0.25) is 19.4 Å². The van der Waals surface area contributed by atoms with Gasteiger partial charge in [0.2, 0.25) is 5.91 Å². The molecule has 2 heterocycles. The van der Waals surface area contributed by atoms with Crippen LogP contribution in [-0.2, 0) is 9.59 Å². The van der Waals surface area contributed by atoms with Gasteiger partial charge in [0, 0.05) is 32.7 Å². The first kappa shape index (κ1) is 21.0. The molecule has 7 heteroatoms. The van der Waals surface area contributed by atoms with Crippen LogP contribution in [0.5, 0.6) is 0 Å². The van der Waals surface area contributed by atoms with Gasteiger partial charge in [-0.1, -0.05) is 42.5 Å². The van der Waals surface area contributed by atoms with Gasteiger partial charge in [0.15, 0.2) is 0 Å². The van der Waals surface area contributed by atoms with Crippen molar-refractivity contribution in [3.63, 3.8) is 0 Å². The standard InChI is InChI=1S/C24H25N3O4/c28-22-17-21(23(29)27(22)20-10-8-19(9-11-20)24(30)31)26-15-13-25(14-16-26)12-4-7-18-5-2-1-3-6-18/h1-11,21H,12-17H2,(H,30,31)/b7-4+/t21-/m0/s1. The molecule has 2 saturated heterocycles. The Balaban J connectivity index is 1.32. The lowest BCUT2D eigenvalue weighted by Crippen LogP contribution is -2.52. The Bertz CT molecular complexity index is 980. The fraction of sp³-hybridized carbons (Fsp3) is 0.292. The van der Waals surface area contributed by atoms with Gasteiger partial charge >= 0.3 is 5.97 Å². The number of benzene rings is 2. The van der Waals surface area contributed by atoms with E-state index < -0.39 is 12.0 Å². The van der Waals surface area contributed by atoms with Gasteiger partial charge in [-0.2, -0.15) is 0 Å². The highest BCUT2D eigenvalue weighted by molar-refractivity contribution is 6.22. The summed E-state index contributed by atoms with van der Waals surface area (Å²) in [7, 11) is 0. The molecule has 0 aliphatic carbocycles. The molecule has 2 fully saturated rings. The van der Waals surface area contributed by atoms with Crippen molar-refractivity contribution in [3.8, 4) is 0 Å². The van der Waals surface area contributed by atoms with Crippen LogP contribution in [0.25, 0.3) is 6.08 Å². The molecule has 0 spiro atoms. The summed E-state index contributed by atoms with van der Waals surface area (Å²) >= 11 is 0. The van der Waals surface area contributed by atoms with E-state index >= 15 is 0 Å². The van der Waals surface area contributed by atoms with E-state index in [1.165, 1.54) is 34.7 Å². The Hall–Kier alpha value is -3.29. The smallest absolute Gasteiger partial charge is 0.335 e. The molecule has 2 aromatic rings. The van der Waals surface area contributed by atoms with Crippen LogP contribution < -0.4 is 4.90 Å². The molecule has 160 valence electrons. The summed E-state index contributed by atoms with van der Waals surface area (Å²) in [4.78, 5) is 42.1. The normalized spacial score (nSPS) is 20.6. The zero-order valence-electron chi connectivity index (χ0n) is 17.2. The second kappa shape index (κ2) is 9.24. The summed E-state index contributed by atoms with van der Waals surface area (Å²) in [6.45, 7) is 3.99. The van der Waals surface area contributed by atoms with Crippen molar-refractivity contribution in [2.24, 2.45) is 0 Å². The predicted molar refractivity (Wildman–Crippen MR) is 118 cm³/mol. The Kier molecular flexibility index (Phi) is 6.25. The van der Waals surface area contributed by atoms with Crippen molar-refractivity contribution in [1.82, 2.24) is 9.80 Å². The first-order chi connectivity index (χ1) is 15.0. The number of rotatable bonds is 6. The summed E-state index contributed by atoms with van der Waals surface area (Å²) in [5.41, 5.74) is 1.72. The van der Waals surface area contributed by atoms with Gasteiger partial charge in [0.25, 0.3) is 5.91 Å². The quantitative estimate of drug-likeness (QED) is 0.724. The van der Waals surface area contributed by atoms with Crippen LogP contribution >= 0.6 is 0 Å². The molecule has 0 bridgehead atoms. The topological polar surface area (TPSA) is 81.2 Å². The predicted octanol–water partition coefficient (Wildman–Crippen LogP) is 2.35. The van der Waals surface area contributed by atoms with Crippen LogP contribution in [0.15, 0.2) is 60.7 Å². The molecular weight excluding hydrogens is 394 g/mol. The third kappa shape index (κ3) is 4.73. The van der Waals surface area contributed by atoms with E-state index in [-0.39, 0.29) is 23.8 Å². The number of anilines is 1. The van der Waals surface area contributed by atoms with Crippen LogP contribution in [0.4, 0.5) is 5.69 Å². The number of carbonyl (C=O) groups is 3. The van der Waals surface area contributed by atoms with E-state index in [1.54, 1.807) is 0 Å². The molecular formula is C24H25N3O4. The monoisotopic (exact) mass is 419 g/mol. The van der Waals surface area contributed by atoms with Gasteiger partial charge in [-0.25, -0.2) is 9.69 Å². The first-order valence-electron chi connectivity index (χ1n) is 10.4. The van der Waals surface area contributed by atoms with Crippen molar-refractivity contribution >= 4 is 29.5 Å². The first-order valence-corrected chi connectivity index (χ1v) is 10.4. The Morgan fingerprint density at radius 2 is 1.65 bits per heavy atom. The number of hydrogen-bond donors (Lipinski definition) is 1. The highest BCUT2D eigenvalue weighted by Crippen LogP contribution is 2.26. The van der Waals surface area contributed by atoms with Crippen molar-refractivity contribution in [2.45, 2.75) is 12.5 Å². The molecule has 2 aromatic carbocycles. The van der Waals surface area contributed by atoms with E-state index in [4.69, 9.17) is 5.11 Å². The molecule has 2 aliphatic rings. The Morgan fingerprint density at radius 1 is 0.968 bits per heavy atom. The van der Waals surface area contributed by atoms with Crippen LogP contribution in [0, 0.1) is 0 Å². The van der Waals surface area contributed by atoms with E-state index in [2.05, 4.69) is 34.1 Å². The van der Waals surface area contributed by atoms with Gasteiger partial charge in [-0.05, 0) is 29.8 Å². The zero-order chi connectivity index (χ0) is 21.8. The second-order valence-electron chi connectivity index (χ2n) is 7.79. The van der Waals surface area contributed by atoms with Crippen molar-refractivity contribution in [3.05, 3.63) is 71.8 Å². The number of carbonyl (C=O) groups excluding carboxylic acids is 2. The number of carboxylic acid groups (broad SMARTS) is 1. The maximum absolute atomic E-state index is 13.0. The average molecular weight is 419 g/mol. The Morgan fingerprint density at radius 3 is 2.29 bits per heavy atom. The minimum absolute atomic E-state index is 0.122. The van der Waals surface area contributed by atoms with Gasteiger partial charge in [0.05, 0.1) is 23.7 Å². The van der Waals surface area contributed by atoms with Crippen LogP contribution in [0.3, 0.4) is 0 Å². The van der Waals surface area contributed by atoms with Crippen molar-refractivity contribution < 1.29 is 19.5 Å². The molecule has 7 nitrogen and oxygen atoms in total. The molecule has 1 atom stereocenters. The maximum Gasteiger partial charge on any atom is 0.335 e. The summed E-state index contributed by atoms with van der Waals surface area (Å²) in [5, 5.41) is 9.03. The zero-order valence-corrected chi connectivity index (χ0v) is 17.2. The summed E-state index contributed by atoms with van der Waals surface area (Å²) in [5.74, 6) is -1.52. The summed E-state index contributed by atoms with van der Waals surface area (Å²) in [6.07, 6.45) is 4.42. The van der Waals surface area contributed by atoms with Crippen molar-refractivity contribution in [1.29, 1.82) is 0 Å². The number of nitrogens with zero attached hydrogens (tertiary/aromatic N) is 3. The molecule has 1 N–H and O–H groups in total. The highest BCUT2D eigenvalue weighted by atomic mass is 16.4. The van der Waals surface area contributed by atoms with E-state index in [9.17, 15) is 14.4 Å². The molecule has 2 amide bonds. The molecule has 4 rings (SSSR count). The fourth-order valence-corrected chi connectivity index (χ4v) is 4.09. The van der Waals surface area contributed by atoms with Crippen LogP contribution in [0.2, 0.25) is 0 Å². The van der Waals surface area contributed by atoms with Crippen molar-refractivity contribution in [2.75, 3.05) is 37.6 Å². The summed E-state index contributed by atoms with van der Waals surface area (Å²) in [6, 6.07) is 15.6. The largest absolute Gasteiger partial charge is 0.478 e. The number of amides is 2. The average Bonchev–Trinajstić information content (AvgIpc) is 3.09. The third-order valence-corrected chi connectivity index (χ3v) is 5.82. The lowest BCUT2D eigenvalue weighted by molar-refractivity contribution is -0.123. The van der Waals surface area contributed by atoms with E-state index in [0.717, 1.165) is 32.7 Å². The maximum atomic E-state index is 13.0. The number of hydrogen-bond acceptors (Lipinski definition) is 5. The van der Waals surface area contributed by atoms with Gasteiger partial charge < -0.3 is 5.11 Å². The number of carboxylic acids is 1. The molecule has 31 heavy (non-hydrogen) atoms. The fourth-order valence-electron chi connectivity index (χ4n) is 4.09. The molecule has 0 unspecified atom stereocenters. The van der Waals surface area contributed by atoms with E-state index in [0.29, 0.717) is 5.69 Å². The molecule has 0 aromatic heterocycles. The van der Waals surface area contributed by atoms with E-state index in [1.807, 2.05) is 18.2 Å². The Labute approximate surface area is 181 Å². The van der Waals surface area contributed by atoms with Crippen LogP contribution in [-0.4, -0.2) is 71.5 Å². The minimum atomic E-state index is -1.04. The van der Waals surface area contributed by atoms with Crippen LogP contribution in [0.1, 0.15) is 22.3 Å². The summed E-state index contributed by atoms with van der Waals surface area (Å²) < 4.78 is 0. The lowest BCUT2D eigenvalue weighted by Gasteiger charge is -2.36. The number of piperazine rings is 1. The number of aromatic carboxylic acids is 1.